The fourth-order valence-corrected chi connectivity index (χ4v) is 9.16. The van der Waals surface area contributed by atoms with Gasteiger partial charge in [-0.3, -0.25) is 9.59 Å². The monoisotopic (exact) mass is 835 g/mol. The van der Waals surface area contributed by atoms with Gasteiger partial charge in [0.25, 0.3) is 0 Å². The van der Waals surface area contributed by atoms with Gasteiger partial charge in [-0.1, -0.05) is 20.8 Å². The summed E-state index contributed by atoms with van der Waals surface area (Å²) >= 11 is 0. The van der Waals surface area contributed by atoms with E-state index in [1.165, 1.54) is 28.4 Å². The Morgan fingerprint density at radius 3 is 2.07 bits per heavy atom. The van der Waals surface area contributed by atoms with Crippen molar-refractivity contribution in [3.05, 3.63) is 0 Å². The van der Waals surface area contributed by atoms with E-state index in [0.717, 1.165) is 0 Å². The first-order valence-electron chi connectivity index (χ1n) is 20.8. The van der Waals surface area contributed by atoms with Crippen molar-refractivity contribution in [2.75, 3.05) is 49.1 Å². The van der Waals surface area contributed by atoms with Gasteiger partial charge in [0.1, 0.15) is 36.3 Å². The molecular weight excluding hydrogens is 762 g/mol. The molecular formula is C41H73NO16. The molecule has 19 atom stereocenters. The summed E-state index contributed by atoms with van der Waals surface area (Å²) in [5.41, 5.74) is -0.720. The lowest BCUT2D eigenvalue weighted by Crippen LogP contribution is -2.63. The quantitative estimate of drug-likeness (QED) is 0.117. The van der Waals surface area contributed by atoms with E-state index in [2.05, 4.69) is 0 Å². The maximum Gasteiger partial charge on any atom is 0.308 e. The van der Waals surface area contributed by atoms with Gasteiger partial charge in [0, 0.05) is 59.0 Å². The number of cyclic esters (lactones) is 1. The number of nitrogens with zero attached hydrogens (tertiary/aromatic N) is 1. The molecule has 4 heterocycles. The maximum absolute atomic E-state index is 14.0. The summed E-state index contributed by atoms with van der Waals surface area (Å²) in [6.07, 6.45) is -11.0. The molecule has 4 saturated heterocycles. The maximum atomic E-state index is 14.0. The number of aliphatic hydroxyl groups excluding tert-OH is 4. The number of aliphatic hydroxyl groups is 4. The number of carbonyl (C=O) groups is 2. The van der Waals surface area contributed by atoms with Gasteiger partial charge in [0.05, 0.1) is 61.3 Å². The average molecular weight is 836 g/mol. The fraction of sp³-hybridized carbons (Fsp3) is 0.951. The zero-order chi connectivity index (χ0) is 43.2. The number of ketones is 1. The van der Waals surface area contributed by atoms with Gasteiger partial charge in [0.15, 0.2) is 18.9 Å². The Morgan fingerprint density at radius 2 is 1.48 bits per heavy atom. The SMILES string of the molecule is CC[C@H]1OC(=O)C[C@@H](O)[C@H](C)[C@@H](O[C@@H]2O[C@H](C)[C@@H](O)[C@H](N(C)C)[C@H]2O)[C@@H](CC(OC)OC)C[C@@H](C)C(=O)CC[C@@]2(C)O[C@@H]2[C@@H]1CO[C@@H]1O[C@H](C)[C@@H](O)[C@@H](OC)[C@H]1OC. The summed E-state index contributed by atoms with van der Waals surface area (Å²) in [6.45, 7) is 10.9. The number of carbonyl (C=O) groups excluding carboxylic acids is 2. The molecule has 0 aromatic heterocycles. The number of esters is 1. The van der Waals surface area contributed by atoms with Crippen molar-refractivity contribution in [2.24, 2.45) is 23.7 Å². The molecule has 0 spiro atoms. The average Bonchev–Trinajstić information content (AvgIpc) is 3.86. The number of fused-ring (bicyclic) bond motifs is 1. The Morgan fingerprint density at radius 1 is 0.862 bits per heavy atom. The van der Waals surface area contributed by atoms with E-state index >= 15 is 0 Å². The van der Waals surface area contributed by atoms with Crippen molar-refractivity contribution in [1.29, 1.82) is 0 Å². The number of epoxide rings is 1. The molecule has 17 heteroatoms. The highest BCUT2D eigenvalue weighted by molar-refractivity contribution is 5.80. The molecule has 0 aromatic rings. The van der Waals surface area contributed by atoms with Gasteiger partial charge in [-0.05, 0) is 60.0 Å². The van der Waals surface area contributed by atoms with Crippen LogP contribution in [0.4, 0.5) is 0 Å². The van der Waals surface area contributed by atoms with E-state index in [1.807, 2.05) is 20.8 Å². The van der Waals surface area contributed by atoms with E-state index in [0.29, 0.717) is 19.3 Å². The van der Waals surface area contributed by atoms with Crippen molar-refractivity contribution < 1.29 is 77.4 Å². The second-order valence-electron chi connectivity index (χ2n) is 17.3. The third kappa shape index (κ3) is 11.5. The number of Topliss-reactive ketones (excluding diaryl/α,β-unsaturated/α-hetero) is 1. The van der Waals surface area contributed by atoms with Crippen molar-refractivity contribution in [1.82, 2.24) is 4.90 Å². The number of methoxy groups -OCH3 is 4. The summed E-state index contributed by atoms with van der Waals surface area (Å²) in [6, 6.07) is -0.723. The molecule has 0 radical (unpaired) electrons. The van der Waals surface area contributed by atoms with Gasteiger partial charge in [-0.15, -0.1) is 0 Å². The van der Waals surface area contributed by atoms with E-state index in [1.54, 1.807) is 39.8 Å². The molecule has 0 unspecified atom stereocenters. The lowest BCUT2D eigenvalue weighted by molar-refractivity contribution is -0.306. The van der Waals surface area contributed by atoms with Crippen molar-refractivity contribution in [3.63, 3.8) is 0 Å². The molecule has 338 valence electrons. The lowest BCUT2D eigenvalue weighted by atomic mass is 9.78. The molecule has 4 fully saturated rings. The minimum Gasteiger partial charge on any atom is -0.462 e. The Bertz CT molecular complexity index is 1290. The first-order chi connectivity index (χ1) is 27.3. The predicted molar refractivity (Wildman–Crippen MR) is 207 cm³/mol. The molecule has 0 aromatic carbocycles. The Kier molecular flexibility index (Phi) is 18.3. The zero-order valence-corrected chi connectivity index (χ0v) is 36.6. The van der Waals surface area contributed by atoms with Crippen LogP contribution in [0.15, 0.2) is 0 Å². The van der Waals surface area contributed by atoms with Gasteiger partial charge in [-0.25, -0.2) is 0 Å². The van der Waals surface area contributed by atoms with E-state index in [4.69, 9.17) is 47.4 Å². The second kappa shape index (κ2) is 21.6. The molecule has 4 N–H and O–H groups in total. The zero-order valence-electron chi connectivity index (χ0n) is 36.6. The molecule has 4 aliphatic rings. The Hall–Kier alpha value is -1.42. The molecule has 17 nitrogen and oxygen atoms in total. The number of likely N-dealkylation sites (N-methyl/N-ethyl adjacent to an activating group) is 1. The summed E-state index contributed by atoms with van der Waals surface area (Å²) in [7, 11) is 9.47. The largest absolute Gasteiger partial charge is 0.462 e. The molecule has 0 saturated carbocycles. The Balaban J connectivity index is 1.66. The van der Waals surface area contributed by atoms with Crippen LogP contribution in [-0.2, 0) is 57.0 Å². The number of rotatable bonds is 13. The molecule has 4 aliphatic heterocycles. The van der Waals surface area contributed by atoms with Crippen LogP contribution in [0.3, 0.4) is 0 Å². The first-order valence-corrected chi connectivity index (χ1v) is 20.8. The third-order valence-electron chi connectivity index (χ3n) is 13.0. The summed E-state index contributed by atoms with van der Waals surface area (Å²) in [5, 5.41) is 44.9. The summed E-state index contributed by atoms with van der Waals surface area (Å²) in [5.74, 6) is -2.85. The summed E-state index contributed by atoms with van der Waals surface area (Å²) < 4.78 is 60.0. The number of hydrogen-bond donors (Lipinski definition) is 4. The highest BCUT2D eigenvalue weighted by Crippen LogP contribution is 2.48. The summed E-state index contributed by atoms with van der Waals surface area (Å²) in [4.78, 5) is 29.5. The van der Waals surface area contributed by atoms with Gasteiger partial charge in [0.2, 0.25) is 0 Å². The van der Waals surface area contributed by atoms with E-state index < -0.39 is 127 Å². The number of ether oxygens (including phenoxy) is 10. The minimum atomic E-state index is -1.29. The third-order valence-corrected chi connectivity index (χ3v) is 13.0. The fourth-order valence-electron chi connectivity index (χ4n) is 9.16. The van der Waals surface area contributed by atoms with Gasteiger partial charge < -0.3 is 72.7 Å². The van der Waals surface area contributed by atoms with Crippen LogP contribution in [0, 0.1) is 23.7 Å². The highest BCUT2D eigenvalue weighted by atomic mass is 16.7. The smallest absolute Gasteiger partial charge is 0.308 e. The van der Waals surface area contributed by atoms with Gasteiger partial charge in [-0.2, -0.15) is 0 Å². The molecule has 0 aliphatic carbocycles. The van der Waals surface area contributed by atoms with Crippen molar-refractivity contribution >= 4 is 11.8 Å². The number of hydrogen-bond acceptors (Lipinski definition) is 17. The molecule has 0 bridgehead atoms. The van der Waals surface area contributed by atoms with Crippen LogP contribution in [0.25, 0.3) is 0 Å². The van der Waals surface area contributed by atoms with E-state index in [9.17, 15) is 30.0 Å². The highest BCUT2D eigenvalue weighted by Gasteiger charge is 2.59. The molecule has 58 heavy (non-hydrogen) atoms. The standard InChI is InChI=1S/C41H73NO16/c1-13-28-25(19-53-40-37(52-12)36(51-11)33(47)23(5)55-40)38-41(6,58-38)15-14-26(43)20(2)16-24(17-30(49-9)50-10)35(21(3)27(44)18-29(45)56-28)57-39-34(48)31(42(7)8)32(46)22(4)54-39/h20-25,27-28,30-40,44,46-48H,13-19H2,1-12H3/t20-,21+,22-,23-,24-,25-,27-,28-,31+,32-,33-,34-,35-,36-,37-,38-,39+,40-,41-/m1/s1. The normalized spacial score (nSPS) is 44.9. The first kappa shape index (κ1) is 49.2. The molecule has 0 amide bonds. The lowest BCUT2D eigenvalue weighted by Gasteiger charge is -2.47. The van der Waals surface area contributed by atoms with Crippen LogP contribution >= 0.6 is 0 Å². The second-order valence-corrected chi connectivity index (χ2v) is 17.3. The van der Waals surface area contributed by atoms with Crippen LogP contribution in [-0.4, -0.2) is 184 Å². The van der Waals surface area contributed by atoms with E-state index in [-0.39, 0.29) is 31.7 Å². The van der Waals surface area contributed by atoms with Crippen LogP contribution < -0.4 is 0 Å². The van der Waals surface area contributed by atoms with Crippen molar-refractivity contribution in [3.8, 4) is 0 Å². The predicted octanol–water partition coefficient (Wildman–Crippen LogP) is 1.42. The molecule has 4 rings (SSSR count). The minimum absolute atomic E-state index is 0.00670. The van der Waals surface area contributed by atoms with Crippen LogP contribution in [0.1, 0.15) is 80.1 Å². The topological polar surface area (TPSA) is 214 Å². The van der Waals surface area contributed by atoms with Gasteiger partial charge >= 0.3 is 5.97 Å². The van der Waals surface area contributed by atoms with Crippen molar-refractivity contribution in [2.45, 2.75) is 178 Å². The Labute approximate surface area is 344 Å². The van der Waals surface area contributed by atoms with Crippen LogP contribution in [0.2, 0.25) is 0 Å². The van der Waals surface area contributed by atoms with Crippen LogP contribution in [0.5, 0.6) is 0 Å².